The molecule has 1 aromatic heterocycles. The van der Waals surface area contributed by atoms with Crippen LogP contribution in [0.5, 0.6) is 0 Å². The molecule has 0 unspecified atom stereocenters. The molecule has 1 heterocycles. The molecular formula is C12H18N4O. The molecule has 0 saturated carbocycles. The van der Waals surface area contributed by atoms with Crippen molar-refractivity contribution in [3.8, 4) is 0 Å². The van der Waals surface area contributed by atoms with E-state index in [9.17, 15) is 4.79 Å². The van der Waals surface area contributed by atoms with Crippen molar-refractivity contribution in [1.29, 1.82) is 0 Å². The number of hydrazine groups is 1. The Labute approximate surface area is 101 Å². The summed E-state index contributed by atoms with van der Waals surface area (Å²) in [5, 5.41) is 0. The third-order valence-corrected chi connectivity index (χ3v) is 2.09. The SMILES string of the molecule is CCC(=O)NNC.Cc1nc2ccccc2[nH]1. The van der Waals surface area contributed by atoms with Gasteiger partial charge in [-0.05, 0) is 19.1 Å². The molecule has 2 rings (SSSR count). The van der Waals surface area contributed by atoms with Crippen LogP contribution in [0.1, 0.15) is 19.2 Å². The first kappa shape index (κ1) is 13.2. The fourth-order valence-electron chi connectivity index (χ4n) is 1.31. The van der Waals surface area contributed by atoms with Crippen LogP contribution in [0.4, 0.5) is 0 Å². The maximum Gasteiger partial charge on any atom is 0.233 e. The van der Waals surface area contributed by atoms with Crippen LogP contribution in [-0.2, 0) is 4.79 Å². The van der Waals surface area contributed by atoms with Gasteiger partial charge >= 0.3 is 0 Å². The molecule has 0 radical (unpaired) electrons. The number of amides is 1. The molecule has 0 atom stereocenters. The van der Waals surface area contributed by atoms with E-state index in [2.05, 4.69) is 20.8 Å². The van der Waals surface area contributed by atoms with Gasteiger partial charge in [-0.1, -0.05) is 19.1 Å². The van der Waals surface area contributed by atoms with Gasteiger partial charge in [-0.25, -0.2) is 10.4 Å². The summed E-state index contributed by atoms with van der Waals surface area (Å²) in [6.07, 6.45) is 0.529. The molecule has 1 amide bonds. The van der Waals surface area contributed by atoms with Crippen LogP contribution in [0, 0.1) is 6.92 Å². The number of carbonyl (C=O) groups excluding carboxylic acids is 1. The van der Waals surface area contributed by atoms with Gasteiger partial charge in [0.05, 0.1) is 11.0 Å². The molecular weight excluding hydrogens is 216 g/mol. The van der Waals surface area contributed by atoms with Crippen LogP contribution in [0.25, 0.3) is 11.0 Å². The molecule has 0 bridgehead atoms. The van der Waals surface area contributed by atoms with Crippen molar-refractivity contribution in [3.05, 3.63) is 30.1 Å². The molecule has 5 heteroatoms. The Hall–Kier alpha value is -1.88. The van der Waals surface area contributed by atoms with Gasteiger partial charge in [-0.3, -0.25) is 10.2 Å². The predicted molar refractivity (Wildman–Crippen MR) is 68.3 cm³/mol. The number of fused-ring (bicyclic) bond motifs is 1. The van der Waals surface area contributed by atoms with Crippen LogP contribution in [-0.4, -0.2) is 22.9 Å². The first-order valence-electron chi connectivity index (χ1n) is 5.54. The van der Waals surface area contributed by atoms with E-state index in [4.69, 9.17) is 0 Å². The van der Waals surface area contributed by atoms with E-state index >= 15 is 0 Å². The van der Waals surface area contributed by atoms with Gasteiger partial charge in [0.2, 0.25) is 5.91 Å². The molecule has 0 spiro atoms. The van der Waals surface area contributed by atoms with Crippen molar-refractivity contribution >= 4 is 16.9 Å². The Morgan fingerprint density at radius 3 is 2.65 bits per heavy atom. The number of benzene rings is 1. The van der Waals surface area contributed by atoms with E-state index in [0.29, 0.717) is 6.42 Å². The van der Waals surface area contributed by atoms with E-state index < -0.39 is 0 Å². The Morgan fingerprint density at radius 2 is 2.12 bits per heavy atom. The van der Waals surface area contributed by atoms with Crippen molar-refractivity contribution in [2.45, 2.75) is 20.3 Å². The van der Waals surface area contributed by atoms with Crippen LogP contribution < -0.4 is 10.9 Å². The molecule has 0 saturated heterocycles. The molecule has 92 valence electrons. The van der Waals surface area contributed by atoms with E-state index in [1.54, 1.807) is 14.0 Å². The third-order valence-electron chi connectivity index (χ3n) is 2.09. The number of para-hydroxylation sites is 2. The quantitative estimate of drug-likeness (QED) is 0.690. The molecule has 0 aliphatic heterocycles. The second-order valence-electron chi connectivity index (χ2n) is 3.49. The number of hydrogen-bond donors (Lipinski definition) is 3. The van der Waals surface area contributed by atoms with Gasteiger partial charge in [0, 0.05) is 13.5 Å². The second kappa shape index (κ2) is 6.65. The van der Waals surface area contributed by atoms with Crippen molar-refractivity contribution in [3.63, 3.8) is 0 Å². The topological polar surface area (TPSA) is 69.8 Å². The minimum absolute atomic E-state index is 0.0162. The standard InChI is InChI=1S/C8H8N2.C4H10N2O/c1-6-9-7-4-2-3-5-8(7)10-6;1-3-4(7)6-5-2/h2-5H,1H3,(H,9,10);5H,3H2,1-2H3,(H,6,7). The second-order valence-corrected chi connectivity index (χ2v) is 3.49. The van der Waals surface area contributed by atoms with Gasteiger partial charge in [0.25, 0.3) is 0 Å². The number of imidazole rings is 1. The third kappa shape index (κ3) is 4.24. The van der Waals surface area contributed by atoms with Crippen molar-refractivity contribution in [1.82, 2.24) is 20.8 Å². The normalized spacial score (nSPS) is 9.59. The maximum absolute atomic E-state index is 10.2. The fourth-order valence-corrected chi connectivity index (χ4v) is 1.31. The lowest BCUT2D eigenvalue weighted by molar-refractivity contribution is -0.121. The summed E-state index contributed by atoms with van der Waals surface area (Å²) in [6, 6.07) is 8.01. The number of H-pyrrole nitrogens is 1. The van der Waals surface area contributed by atoms with Crippen molar-refractivity contribution in [2.24, 2.45) is 0 Å². The molecule has 0 aliphatic carbocycles. The Morgan fingerprint density at radius 1 is 1.41 bits per heavy atom. The van der Waals surface area contributed by atoms with Crippen LogP contribution in [0.3, 0.4) is 0 Å². The lowest BCUT2D eigenvalue weighted by atomic mass is 10.3. The predicted octanol–water partition coefficient (Wildman–Crippen LogP) is 1.52. The number of aromatic nitrogens is 2. The zero-order chi connectivity index (χ0) is 12.7. The molecule has 3 N–H and O–H groups in total. The van der Waals surface area contributed by atoms with Crippen molar-refractivity contribution in [2.75, 3.05) is 7.05 Å². The molecule has 0 aliphatic rings. The number of nitrogens with zero attached hydrogens (tertiary/aromatic N) is 1. The Balaban J connectivity index is 0.000000185. The summed E-state index contributed by atoms with van der Waals surface area (Å²) in [4.78, 5) is 17.6. The number of carbonyl (C=O) groups is 1. The monoisotopic (exact) mass is 234 g/mol. The highest BCUT2D eigenvalue weighted by molar-refractivity contribution is 5.75. The number of hydrogen-bond acceptors (Lipinski definition) is 3. The molecule has 2 aromatic rings. The van der Waals surface area contributed by atoms with Crippen molar-refractivity contribution < 1.29 is 4.79 Å². The highest BCUT2D eigenvalue weighted by atomic mass is 16.2. The lowest BCUT2D eigenvalue weighted by Gasteiger charge is -1.95. The van der Waals surface area contributed by atoms with Gasteiger partial charge in [0.15, 0.2) is 0 Å². The fraction of sp³-hybridized carbons (Fsp3) is 0.333. The summed E-state index contributed by atoms with van der Waals surface area (Å²) < 4.78 is 0. The molecule has 5 nitrogen and oxygen atoms in total. The largest absolute Gasteiger partial charge is 0.342 e. The first-order chi connectivity index (χ1) is 8.17. The lowest BCUT2D eigenvalue weighted by Crippen LogP contribution is -2.33. The summed E-state index contributed by atoms with van der Waals surface area (Å²) in [5.74, 6) is 0.990. The minimum atomic E-state index is 0.0162. The van der Waals surface area contributed by atoms with Crippen LogP contribution >= 0.6 is 0 Å². The summed E-state index contributed by atoms with van der Waals surface area (Å²) in [5.41, 5.74) is 7.08. The Bertz CT molecular complexity index is 445. The van der Waals surface area contributed by atoms with E-state index in [0.717, 1.165) is 16.9 Å². The first-order valence-corrected chi connectivity index (χ1v) is 5.54. The number of rotatable bonds is 2. The smallest absolute Gasteiger partial charge is 0.233 e. The average Bonchev–Trinajstić information content (AvgIpc) is 2.70. The van der Waals surface area contributed by atoms with Crippen LogP contribution in [0.15, 0.2) is 24.3 Å². The minimum Gasteiger partial charge on any atom is -0.342 e. The maximum atomic E-state index is 10.2. The Kier molecular flexibility index (Phi) is 5.16. The molecule has 1 aromatic carbocycles. The zero-order valence-corrected chi connectivity index (χ0v) is 10.4. The number of nitrogens with one attached hydrogen (secondary N) is 3. The highest BCUT2D eigenvalue weighted by Gasteiger charge is 1.94. The van der Waals surface area contributed by atoms with Gasteiger partial charge < -0.3 is 4.98 Å². The number of aromatic amines is 1. The summed E-state index contributed by atoms with van der Waals surface area (Å²) >= 11 is 0. The molecule has 17 heavy (non-hydrogen) atoms. The molecule has 0 fully saturated rings. The van der Waals surface area contributed by atoms with Gasteiger partial charge in [0.1, 0.15) is 5.82 Å². The van der Waals surface area contributed by atoms with Crippen LogP contribution in [0.2, 0.25) is 0 Å². The van der Waals surface area contributed by atoms with E-state index in [1.165, 1.54) is 0 Å². The zero-order valence-electron chi connectivity index (χ0n) is 10.4. The number of aryl methyl sites for hydroxylation is 1. The van der Waals surface area contributed by atoms with E-state index in [1.807, 2.05) is 31.2 Å². The average molecular weight is 234 g/mol. The summed E-state index contributed by atoms with van der Waals surface area (Å²) in [7, 11) is 1.66. The highest BCUT2D eigenvalue weighted by Crippen LogP contribution is 2.08. The van der Waals surface area contributed by atoms with Gasteiger partial charge in [-0.15, -0.1) is 0 Å². The van der Waals surface area contributed by atoms with Gasteiger partial charge in [-0.2, -0.15) is 0 Å². The van der Waals surface area contributed by atoms with E-state index in [-0.39, 0.29) is 5.91 Å². The summed E-state index contributed by atoms with van der Waals surface area (Å²) in [6.45, 7) is 3.76.